The molecule has 2 nitrogen and oxygen atoms in total. The fourth-order valence-electron chi connectivity index (χ4n) is 2.38. The smallest absolute Gasteiger partial charge is 0.167 e. The maximum Gasteiger partial charge on any atom is 0.167 e. The molecule has 19 heavy (non-hydrogen) atoms. The maximum atomic E-state index is 13.9. The summed E-state index contributed by atoms with van der Waals surface area (Å²) < 4.78 is 15.7. The van der Waals surface area contributed by atoms with Crippen molar-refractivity contribution in [3.8, 4) is 11.1 Å². The van der Waals surface area contributed by atoms with Gasteiger partial charge in [-0.15, -0.1) is 0 Å². The van der Waals surface area contributed by atoms with E-state index < -0.39 is 0 Å². The van der Waals surface area contributed by atoms with E-state index in [2.05, 4.69) is 0 Å². The van der Waals surface area contributed by atoms with Gasteiger partial charge in [0.1, 0.15) is 5.82 Å². The molecule has 0 atom stereocenters. The predicted octanol–water partition coefficient (Wildman–Crippen LogP) is 3.87. The lowest BCUT2D eigenvalue weighted by Gasteiger charge is -2.02. The molecule has 1 aromatic carbocycles. The normalized spacial score (nSPS) is 10.8. The summed E-state index contributed by atoms with van der Waals surface area (Å²) in [6, 6.07) is 12.2. The Morgan fingerprint density at radius 1 is 1.11 bits per heavy atom. The topological polar surface area (TPSA) is 21.5 Å². The molecule has 0 spiro atoms. The van der Waals surface area contributed by atoms with E-state index in [1.54, 1.807) is 22.6 Å². The molecule has 0 N–H and O–H groups in total. The third kappa shape index (κ3) is 1.74. The van der Waals surface area contributed by atoms with Crippen LogP contribution in [0.3, 0.4) is 0 Å². The minimum Gasteiger partial charge on any atom is -0.313 e. The molecule has 0 radical (unpaired) electrons. The van der Waals surface area contributed by atoms with Crippen LogP contribution in [0.4, 0.5) is 4.39 Å². The number of hydrogen-bond acceptors (Lipinski definition) is 1. The summed E-state index contributed by atoms with van der Waals surface area (Å²) in [6.07, 6.45) is 2.59. The number of nitrogens with zero attached hydrogens (tertiary/aromatic N) is 1. The van der Waals surface area contributed by atoms with Crippen LogP contribution >= 0.6 is 0 Å². The SMILES string of the molecule is Cc1cccn2c(C=O)c(-c3ccccc3F)cc12. The molecule has 0 aliphatic rings. The Hall–Kier alpha value is -2.42. The molecule has 0 unspecified atom stereocenters. The molecule has 0 saturated carbocycles. The standard InChI is InChI=1S/C16H12FNO/c1-11-5-4-8-18-15(11)9-13(16(18)10-19)12-6-2-3-7-14(12)17/h2-10H,1H3. The molecule has 3 rings (SSSR count). The number of pyridine rings is 1. The molecule has 0 saturated heterocycles. The maximum absolute atomic E-state index is 13.9. The van der Waals surface area contributed by atoms with E-state index in [0.29, 0.717) is 16.8 Å². The highest BCUT2D eigenvalue weighted by atomic mass is 19.1. The van der Waals surface area contributed by atoms with Crippen molar-refractivity contribution in [3.63, 3.8) is 0 Å². The molecule has 0 aliphatic carbocycles. The minimum atomic E-state index is -0.320. The Labute approximate surface area is 110 Å². The second-order valence-electron chi connectivity index (χ2n) is 4.49. The first kappa shape index (κ1) is 11.7. The lowest BCUT2D eigenvalue weighted by atomic mass is 10.1. The highest BCUT2D eigenvalue weighted by Gasteiger charge is 2.14. The number of hydrogen-bond donors (Lipinski definition) is 0. The first-order valence-corrected chi connectivity index (χ1v) is 6.03. The Morgan fingerprint density at radius 3 is 2.63 bits per heavy atom. The largest absolute Gasteiger partial charge is 0.313 e. The molecule has 94 valence electrons. The van der Waals surface area contributed by atoms with Gasteiger partial charge in [-0.05, 0) is 30.7 Å². The van der Waals surface area contributed by atoms with Gasteiger partial charge >= 0.3 is 0 Å². The van der Waals surface area contributed by atoms with Crippen LogP contribution in [0, 0.1) is 12.7 Å². The number of carbonyl (C=O) groups excluding carboxylic acids is 1. The van der Waals surface area contributed by atoms with Gasteiger partial charge in [-0.3, -0.25) is 4.79 Å². The van der Waals surface area contributed by atoms with Gasteiger partial charge < -0.3 is 4.40 Å². The summed E-state index contributed by atoms with van der Waals surface area (Å²) >= 11 is 0. The molecule has 0 amide bonds. The van der Waals surface area contributed by atoms with Gasteiger partial charge in [0.2, 0.25) is 0 Å². The fraction of sp³-hybridized carbons (Fsp3) is 0.0625. The van der Waals surface area contributed by atoms with E-state index in [1.807, 2.05) is 31.3 Å². The Morgan fingerprint density at radius 2 is 1.89 bits per heavy atom. The molecule has 0 fully saturated rings. The molecule has 2 aromatic heterocycles. The number of halogens is 1. The third-order valence-electron chi connectivity index (χ3n) is 3.34. The lowest BCUT2D eigenvalue weighted by Crippen LogP contribution is -1.93. The summed E-state index contributed by atoms with van der Waals surface area (Å²) in [5, 5.41) is 0. The second-order valence-corrected chi connectivity index (χ2v) is 4.49. The van der Waals surface area contributed by atoms with Crippen LogP contribution < -0.4 is 0 Å². The Kier molecular flexibility index (Phi) is 2.67. The van der Waals surface area contributed by atoms with Crippen LogP contribution in [-0.4, -0.2) is 10.7 Å². The summed E-state index contributed by atoms with van der Waals surface area (Å²) in [5.74, 6) is -0.320. The minimum absolute atomic E-state index is 0.320. The van der Waals surface area contributed by atoms with E-state index >= 15 is 0 Å². The number of carbonyl (C=O) groups is 1. The second kappa shape index (κ2) is 4.35. The molecular formula is C16H12FNO. The molecular weight excluding hydrogens is 241 g/mol. The summed E-state index contributed by atoms with van der Waals surface area (Å²) in [7, 11) is 0. The van der Waals surface area contributed by atoms with Crippen molar-refractivity contribution >= 4 is 11.8 Å². The molecule has 0 bridgehead atoms. The van der Waals surface area contributed by atoms with Gasteiger partial charge in [0, 0.05) is 22.8 Å². The van der Waals surface area contributed by atoms with Gasteiger partial charge in [-0.25, -0.2) is 4.39 Å². The van der Waals surface area contributed by atoms with Crippen molar-refractivity contribution in [1.82, 2.24) is 4.40 Å². The zero-order valence-corrected chi connectivity index (χ0v) is 10.4. The van der Waals surface area contributed by atoms with Gasteiger partial charge in [0.25, 0.3) is 0 Å². The number of rotatable bonds is 2. The van der Waals surface area contributed by atoms with Crippen LogP contribution in [0.15, 0.2) is 48.7 Å². The molecule has 3 heteroatoms. The molecule has 2 heterocycles. The van der Waals surface area contributed by atoms with Gasteiger partial charge in [0.05, 0.1) is 5.69 Å². The van der Waals surface area contributed by atoms with Crippen molar-refractivity contribution < 1.29 is 9.18 Å². The average Bonchev–Trinajstić information content (AvgIpc) is 2.79. The van der Waals surface area contributed by atoms with Gasteiger partial charge in [-0.1, -0.05) is 24.3 Å². The van der Waals surface area contributed by atoms with E-state index in [-0.39, 0.29) is 5.82 Å². The quantitative estimate of drug-likeness (QED) is 0.635. The lowest BCUT2D eigenvalue weighted by molar-refractivity contribution is 0.111. The van der Waals surface area contributed by atoms with E-state index in [9.17, 15) is 9.18 Å². The Balaban J connectivity index is 2.39. The third-order valence-corrected chi connectivity index (χ3v) is 3.34. The highest BCUT2D eigenvalue weighted by molar-refractivity contribution is 5.90. The van der Waals surface area contributed by atoms with Crippen molar-refractivity contribution in [1.29, 1.82) is 0 Å². The monoisotopic (exact) mass is 253 g/mol. The molecule has 3 aromatic rings. The number of aryl methyl sites for hydroxylation is 1. The number of fused-ring (bicyclic) bond motifs is 1. The van der Waals surface area contributed by atoms with E-state index in [1.165, 1.54) is 6.07 Å². The Bertz CT molecular complexity index is 774. The van der Waals surface area contributed by atoms with Crippen LogP contribution in [0.25, 0.3) is 16.6 Å². The summed E-state index contributed by atoms with van der Waals surface area (Å²) in [6.45, 7) is 1.97. The number of aldehydes is 1. The average molecular weight is 253 g/mol. The predicted molar refractivity (Wildman–Crippen MR) is 72.9 cm³/mol. The van der Waals surface area contributed by atoms with Crippen molar-refractivity contribution in [2.45, 2.75) is 6.92 Å². The number of benzene rings is 1. The van der Waals surface area contributed by atoms with Crippen LogP contribution in [0.1, 0.15) is 16.1 Å². The first-order chi connectivity index (χ1) is 9.22. The zero-order valence-electron chi connectivity index (χ0n) is 10.4. The van der Waals surface area contributed by atoms with Crippen molar-refractivity contribution in [2.24, 2.45) is 0 Å². The summed E-state index contributed by atoms with van der Waals surface area (Å²) in [4.78, 5) is 11.4. The van der Waals surface area contributed by atoms with E-state index in [4.69, 9.17) is 0 Å². The van der Waals surface area contributed by atoms with Gasteiger partial charge in [-0.2, -0.15) is 0 Å². The van der Waals surface area contributed by atoms with Gasteiger partial charge in [0.15, 0.2) is 6.29 Å². The fourth-order valence-corrected chi connectivity index (χ4v) is 2.38. The van der Waals surface area contributed by atoms with Crippen LogP contribution in [0.5, 0.6) is 0 Å². The van der Waals surface area contributed by atoms with Crippen molar-refractivity contribution in [3.05, 3.63) is 65.7 Å². The first-order valence-electron chi connectivity index (χ1n) is 6.03. The van der Waals surface area contributed by atoms with Crippen LogP contribution in [0.2, 0.25) is 0 Å². The number of aromatic nitrogens is 1. The highest BCUT2D eigenvalue weighted by Crippen LogP contribution is 2.29. The summed E-state index contributed by atoms with van der Waals surface area (Å²) in [5.41, 5.74) is 3.52. The van der Waals surface area contributed by atoms with E-state index in [0.717, 1.165) is 17.4 Å². The van der Waals surface area contributed by atoms with Crippen LogP contribution in [-0.2, 0) is 0 Å². The molecule has 0 aliphatic heterocycles. The zero-order chi connectivity index (χ0) is 13.4. The van der Waals surface area contributed by atoms with Crippen molar-refractivity contribution in [2.75, 3.05) is 0 Å².